The van der Waals surface area contributed by atoms with Gasteiger partial charge in [-0.2, -0.15) is 15.0 Å². The van der Waals surface area contributed by atoms with Crippen LogP contribution < -0.4 is 20.5 Å². The van der Waals surface area contributed by atoms with E-state index in [0.717, 1.165) is 16.8 Å². The molecule has 0 radical (unpaired) electrons. The van der Waals surface area contributed by atoms with E-state index in [2.05, 4.69) is 30.5 Å². The van der Waals surface area contributed by atoms with Gasteiger partial charge >= 0.3 is 0 Å². The van der Waals surface area contributed by atoms with Gasteiger partial charge in [-0.25, -0.2) is 0 Å². The fourth-order valence-electron chi connectivity index (χ4n) is 2.93. The minimum atomic E-state index is 0.133. The molecule has 0 amide bonds. The highest BCUT2D eigenvalue weighted by Crippen LogP contribution is 2.36. The number of hydrogen-bond donors (Lipinski definition) is 2. The predicted octanol–water partition coefficient (Wildman–Crippen LogP) is 3.58. The summed E-state index contributed by atoms with van der Waals surface area (Å²) in [5.41, 5.74) is 8.58. The summed E-state index contributed by atoms with van der Waals surface area (Å²) in [7, 11) is 0. The summed E-state index contributed by atoms with van der Waals surface area (Å²) < 4.78 is 16.5. The molecule has 0 unspecified atom stereocenters. The molecule has 4 aromatic rings. The smallest absolute Gasteiger partial charge is 0.277 e. The van der Waals surface area contributed by atoms with Crippen LogP contribution in [0, 0.1) is 6.92 Å². The Kier molecular flexibility index (Phi) is 5.00. The van der Waals surface area contributed by atoms with E-state index in [4.69, 9.17) is 19.6 Å². The lowest BCUT2D eigenvalue weighted by Gasteiger charge is -2.09. The van der Waals surface area contributed by atoms with Crippen molar-refractivity contribution in [3.63, 3.8) is 0 Å². The third-order valence-corrected chi connectivity index (χ3v) is 5.26. The summed E-state index contributed by atoms with van der Waals surface area (Å²) in [6.45, 7) is 2.20. The van der Waals surface area contributed by atoms with Gasteiger partial charge < -0.3 is 24.9 Å². The highest BCUT2D eigenvalue weighted by molar-refractivity contribution is 7.98. The molecule has 0 bridgehead atoms. The van der Waals surface area contributed by atoms with Crippen molar-refractivity contribution in [2.75, 3.05) is 17.8 Å². The van der Waals surface area contributed by atoms with Crippen molar-refractivity contribution in [1.29, 1.82) is 0 Å². The molecule has 5 rings (SSSR count). The average molecular weight is 435 g/mol. The lowest BCUT2D eigenvalue weighted by atomic mass is 10.2. The van der Waals surface area contributed by atoms with Crippen LogP contribution in [0.2, 0.25) is 0 Å². The molecule has 1 aliphatic rings. The molecule has 0 atom stereocenters. The molecule has 0 aliphatic carbocycles. The van der Waals surface area contributed by atoms with Crippen molar-refractivity contribution in [1.82, 2.24) is 25.1 Å². The van der Waals surface area contributed by atoms with Crippen molar-refractivity contribution in [2.45, 2.75) is 17.9 Å². The number of anilines is 3. The van der Waals surface area contributed by atoms with Gasteiger partial charge in [-0.1, -0.05) is 30.0 Å². The number of nitrogens with zero attached hydrogens (tertiary/aromatic N) is 5. The van der Waals surface area contributed by atoms with Gasteiger partial charge in [0.25, 0.3) is 5.22 Å². The monoisotopic (exact) mass is 435 g/mol. The maximum absolute atomic E-state index is 5.86. The normalized spacial score (nSPS) is 12.2. The summed E-state index contributed by atoms with van der Waals surface area (Å²) in [5, 5.41) is 11.7. The van der Waals surface area contributed by atoms with Gasteiger partial charge in [-0.05, 0) is 36.8 Å². The Labute approximate surface area is 181 Å². The molecule has 0 fully saturated rings. The first-order valence-electron chi connectivity index (χ1n) is 9.33. The van der Waals surface area contributed by atoms with E-state index in [1.165, 1.54) is 11.8 Å². The standard InChI is InChI=1S/C20H17N7O3S/c1-11-4-2-3-5-13(11)22-19-24-16(23-18(21)25-19)9-31-20-27-26-17(30-20)12-6-7-14-15(8-12)29-10-28-14/h2-8H,9-10H2,1H3,(H3,21,22,23,24,25). The maximum atomic E-state index is 5.86. The predicted molar refractivity (Wildman–Crippen MR) is 114 cm³/mol. The molecule has 2 aromatic carbocycles. The molecular formula is C20H17N7O3S. The number of thioether (sulfide) groups is 1. The Morgan fingerprint density at radius 3 is 2.81 bits per heavy atom. The van der Waals surface area contributed by atoms with Gasteiger partial charge in [0.15, 0.2) is 11.5 Å². The number of rotatable bonds is 6. The number of hydrogen-bond acceptors (Lipinski definition) is 11. The van der Waals surface area contributed by atoms with Gasteiger partial charge in [0.1, 0.15) is 5.82 Å². The number of para-hydroxylation sites is 1. The van der Waals surface area contributed by atoms with Gasteiger partial charge in [0.05, 0.1) is 5.75 Å². The second kappa shape index (κ2) is 8.11. The van der Waals surface area contributed by atoms with Gasteiger partial charge in [0.2, 0.25) is 24.6 Å². The molecule has 1 aliphatic heterocycles. The summed E-state index contributed by atoms with van der Waals surface area (Å²) in [6.07, 6.45) is 0. The number of benzene rings is 2. The van der Waals surface area contributed by atoms with E-state index in [0.29, 0.717) is 40.1 Å². The molecule has 156 valence electrons. The van der Waals surface area contributed by atoms with Crippen LogP contribution in [0.5, 0.6) is 11.5 Å². The number of fused-ring (bicyclic) bond motifs is 1. The topological polar surface area (TPSA) is 134 Å². The summed E-state index contributed by atoms with van der Waals surface area (Å²) in [5.74, 6) is 3.13. The number of ether oxygens (including phenoxy) is 2. The average Bonchev–Trinajstić information content (AvgIpc) is 3.42. The zero-order chi connectivity index (χ0) is 21.2. The molecule has 0 saturated carbocycles. The lowest BCUT2D eigenvalue weighted by molar-refractivity contribution is 0.174. The number of aromatic nitrogens is 5. The van der Waals surface area contributed by atoms with Crippen LogP contribution in [0.4, 0.5) is 17.6 Å². The maximum Gasteiger partial charge on any atom is 0.277 e. The molecule has 0 spiro atoms. The zero-order valence-electron chi connectivity index (χ0n) is 16.4. The van der Waals surface area contributed by atoms with E-state index >= 15 is 0 Å². The van der Waals surface area contributed by atoms with E-state index in [-0.39, 0.29) is 12.7 Å². The SMILES string of the molecule is Cc1ccccc1Nc1nc(N)nc(CSc2nnc(-c3ccc4c(c3)OCO4)o2)n1. The van der Waals surface area contributed by atoms with Crippen molar-refractivity contribution in [2.24, 2.45) is 0 Å². The van der Waals surface area contributed by atoms with Gasteiger partial charge in [-0.3, -0.25) is 0 Å². The first-order chi connectivity index (χ1) is 15.1. The van der Waals surface area contributed by atoms with Crippen LogP contribution in [0.3, 0.4) is 0 Å². The van der Waals surface area contributed by atoms with Crippen LogP contribution in [0.15, 0.2) is 52.1 Å². The van der Waals surface area contributed by atoms with Gasteiger partial charge in [-0.15, -0.1) is 10.2 Å². The molecule has 10 nitrogen and oxygen atoms in total. The van der Waals surface area contributed by atoms with Crippen LogP contribution in [0.25, 0.3) is 11.5 Å². The van der Waals surface area contributed by atoms with Crippen LogP contribution in [0.1, 0.15) is 11.4 Å². The number of aryl methyl sites for hydroxylation is 1. The van der Waals surface area contributed by atoms with Crippen LogP contribution in [-0.2, 0) is 5.75 Å². The molecule has 0 saturated heterocycles. The molecule has 11 heteroatoms. The quantitative estimate of drug-likeness (QED) is 0.430. The van der Waals surface area contributed by atoms with Gasteiger partial charge in [0, 0.05) is 11.3 Å². The third-order valence-electron chi connectivity index (χ3n) is 4.44. The van der Waals surface area contributed by atoms with Crippen LogP contribution >= 0.6 is 11.8 Å². The highest BCUT2D eigenvalue weighted by Gasteiger charge is 2.17. The van der Waals surface area contributed by atoms with Crippen molar-refractivity contribution in [3.8, 4) is 23.0 Å². The molecule has 31 heavy (non-hydrogen) atoms. The zero-order valence-corrected chi connectivity index (χ0v) is 17.2. The second-order valence-corrected chi connectivity index (χ2v) is 7.53. The summed E-state index contributed by atoms with van der Waals surface area (Å²) in [4.78, 5) is 12.8. The summed E-state index contributed by atoms with van der Waals surface area (Å²) >= 11 is 1.31. The Hall–Kier alpha value is -3.86. The Morgan fingerprint density at radius 2 is 1.90 bits per heavy atom. The molecule has 3 N–H and O–H groups in total. The van der Waals surface area contributed by atoms with E-state index in [9.17, 15) is 0 Å². The number of nitrogen functional groups attached to an aromatic ring is 1. The Bertz CT molecular complexity index is 1250. The Morgan fingerprint density at radius 1 is 1.03 bits per heavy atom. The fraction of sp³-hybridized carbons (Fsp3) is 0.150. The molecule has 2 aromatic heterocycles. The van der Waals surface area contributed by atoms with Crippen molar-refractivity contribution >= 4 is 29.3 Å². The van der Waals surface area contributed by atoms with Crippen molar-refractivity contribution < 1.29 is 13.9 Å². The van der Waals surface area contributed by atoms with E-state index in [1.807, 2.05) is 43.3 Å². The fourth-order valence-corrected chi connectivity index (χ4v) is 3.55. The second-order valence-electron chi connectivity index (χ2n) is 6.60. The first kappa shape index (κ1) is 19.1. The molecule has 3 heterocycles. The number of nitrogens with one attached hydrogen (secondary N) is 1. The number of nitrogens with two attached hydrogens (primary N) is 1. The first-order valence-corrected chi connectivity index (χ1v) is 10.3. The van der Waals surface area contributed by atoms with Crippen molar-refractivity contribution in [3.05, 3.63) is 53.9 Å². The minimum Gasteiger partial charge on any atom is -0.454 e. The minimum absolute atomic E-state index is 0.133. The molecular weight excluding hydrogens is 418 g/mol. The van der Waals surface area contributed by atoms with E-state index < -0.39 is 0 Å². The Balaban J connectivity index is 1.28. The highest BCUT2D eigenvalue weighted by atomic mass is 32.2. The largest absolute Gasteiger partial charge is 0.454 e. The summed E-state index contributed by atoms with van der Waals surface area (Å²) in [6, 6.07) is 13.3. The third kappa shape index (κ3) is 4.21. The lowest BCUT2D eigenvalue weighted by Crippen LogP contribution is -2.07. The van der Waals surface area contributed by atoms with Crippen LogP contribution in [-0.4, -0.2) is 31.9 Å². The van der Waals surface area contributed by atoms with E-state index in [1.54, 1.807) is 6.07 Å².